The molecule has 0 unspecified atom stereocenters. The third-order valence-corrected chi connectivity index (χ3v) is 5.92. The maximum Gasteiger partial charge on any atom is 0.269 e. The fourth-order valence-electron chi connectivity index (χ4n) is 3.17. The van der Waals surface area contributed by atoms with Crippen LogP contribution in [0.15, 0.2) is 58.4 Å². The van der Waals surface area contributed by atoms with Gasteiger partial charge in [0, 0.05) is 38.0 Å². The van der Waals surface area contributed by atoms with Gasteiger partial charge in [-0.05, 0) is 59.8 Å². The van der Waals surface area contributed by atoms with E-state index in [2.05, 4.69) is 9.89 Å². The first-order chi connectivity index (χ1) is 14.5. The molecule has 2 aromatic rings. The molecule has 0 atom stereocenters. The van der Waals surface area contributed by atoms with Gasteiger partial charge in [0.1, 0.15) is 0 Å². The Hall–Kier alpha value is -3.17. The van der Waals surface area contributed by atoms with Crippen LogP contribution in [-0.2, 0) is 9.53 Å². The predicted molar refractivity (Wildman–Crippen MR) is 118 cm³/mol. The van der Waals surface area contributed by atoms with E-state index >= 15 is 0 Å². The number of aliphatic imine (C=N–C) groups is 1. The van der Waals surface area contributed by atoms with Crippen LogP contribution in [0.4, 0.5) is 17.1 Å². The van der Waals surface area contributed by atoms with Gasteiger partial charge in [0.15, 0.2) is 5.17 Å². The van der Waals surface area contributed by atoms with E-state index in [-0.39, 0.29) is 11.6 Å². The number of carbonyl (C=O) groups excluding carboxylic acids is 1. The Bertz CT molecular complexity index is 1010. The van der Waals surface area contributed by atoms with E-state index in [1.807, 2.05) is 24.3 Å². The van der Waals surface area contributed by atoms with Gasteiger partial charge in [-0.25, -0.2) is 4.99 Å². The average molecular weight is 424 g/mol. The van der Waals surface area contributed by atoms with Crippen LogP contribution in [0.1, 0.15) is 5.56 Å². The molecule has 4 rings (SSSR count). The van der Waals surface area contributed by atoms with Gasteiger partial charge in [-0.2, -0.15) is 0 Å². The normalized spacial score (nSPS) is 19.7. The van der Waals surface area contributed by atoms with Gasteiger partial charge in [-0.3, -0.25) is 19.8 Å². The van der Waals surface area contributed by atoms with Crippen molar-refractivity contribution in [1.29, 1.82) is 0 Å². The smallest absolute Gasteiger partial charge is 0.269 e. The zero-order chi connectivity index (χ0) is 21.1. The third kappa shape index (κ3) is 4.37. The summed E-state index contributed by atoms with van der Waals surface area (Å²) in [7, 11) is 1.69. The van der Waals surface area contributed by atoms with Gasteiger partial charge >= 0.3 is 0 Å². The largest absolute Gasteiger partial charge is 0.378 e. The molecule has 0 aromatic heterocycles. The molecule has 8 nitrogen and oxygen atoms in total. The van der Waals surface area contributed by atoms with Crippen molar-refractivity contribution in [3.8, 4) is 0 Å². The summed E-state index contributed by atoms with van der Waals surface area (Å²) >= 11 is 1.29. The molecule has 0 spiro atoms. The number of nitro groups is 1. The minimum atomic E-state index is -0.449. The molecule has 0 saturated carbocycles. The monoisotopic (exact) mass is 424 g/mol. The first-order valence-corrected chi connectivity index (χ1v) is 10.3. The van der Waals surface area contributed by atoms with Crippen molar-refractivity contribution in [2.45, 2.75) is 0 Å². The molecule has 30 heavy (non-hydrogen) atoms. The summed E-state index contributed by atoms with van der Waals surface area (Å²) in [5.41, 5.74) is 2.64. The lowest BCUT2D eigenvalue weighted by Gasteiger charge is -2.28. The second-order valence-corrected chi connectivity index (χ2v) is 7.84. The highest BCUT2D eigenvalue weighted by atomic mass is 32.2. The highest BCUT2D eigenvalue weighted by Crippen LogP contribution is 2.33. The Labute approximate surface area is 178 Å². The van der Waals surface area contributed by atoms with E-state index < -0.39 is 4.92 Å². The Morgan fingerprint density at radius 2 is 1.77 bits per heavy atom. The molecule has 2 fully saturated rings. The van der Waals surface area contributed by atoms with Crippen LogP contribution in [0, 0.1) is 10.1 Å². The second-order valence-electron chi connectivity index (χ2n) is 6.83. The molecule has 2 aliphatic rings. The number of carbonyl (C=O) groups is 1. The highest BCUT2D eigenvalue weighted by molar-refractivity contribution is 8.18. The van der Waals surface area contributed by atoms with E-state index in [0.717, 1.165) is 43.2 Å². The number of ether oxygens (including phenoxy) is 1. The van der Waals surface area contributed by atoms with Gasteiger partial charge in [0.05, 0.1) is 28.7 Å². The lowest BCUT2D eigenvalue weighted by molar-refractivity contribution is -0.384. The van der Waals surface area contributed by atoms with Crippen LogP contribution in [0.2, 0.25) is 0 Å². The Kier molecular flexibility index (Phi) is 5.82. The summed E-state index contributed by atoms with van der Waals surface area (Å²) in [6, 6.07) is 14.0. The second kappa shape index (κ2) is 8.68. The van der Waals surface area contributed by atoms with Crippen molar-refractivity contribution in [3.05, 3.63) is 69.1 Å². The predicted octanol–water partition coefficient (Wildman–Crippen LogP) is 3.67. The van der Waals surface area contributed by atoms with Gasteiger partial charge in [-0.15, -0.1) is 0 Å². The summed E-state index contributed by atoms with van der Waals surface area (Å²) in [6.45, 7) is 3.21. The summed E-state index contributed by atoms with van der Waals surface area (Å²) in [5, 5.41) is 11.4. The van der Waals surface area contributed by atoms with Crippen LogP contribution in [0.5, 0.6) is 0 Å². The number of nitrogens with zero attached hydrogens (tertiary/aromatic N) is 4. The first kappa shape index (κ1) is 20.1. The van der Waals surface area contributed by atoms with Crippen LogP contribution >= 0.6 is 11.8 Å². The highest BCUT2D eigenvalue weighted by Gasteiger charge is 2.30. The van der Waals surface area contributed by atoms with Crippen LogP contribution in [-0.4, -0.2) is 54.2 Å². The number of amides is 1. The average Bonchev–Trinajstić information content (AvgIpc) is 3.03. The van der Waals surface area contributed by atoms with Crippen LogP contribution < -0.4 is 4.90 Å². The van der Waals surface area contributed by atoms with Crippen molar-refractivity contribution in [3.63, 3.8) is 0 Å². The number of non-ortho nitro benzene ring substituents is 1. The lowest BCUT2D eigenvalue weighted by atomic mass is 10.2. The number of thioether (sulfide) groups is 1. The fraction of sp³-hybridized carbons (Fsp3) is 0.238. The summed E-state index contributed by atoms with van der Waals surface area (Å²) in [4.78, 5) is 31.8. The quantitative estimate of drug-likeness (QED) is 0.423. The molecule has 2 saturated heterocycles. The van der Waals surface area contributed by atoms with Crippen molar-refractivity contribution in [2.75, 3.05) is 38.3 Å². The van der Waals surface area contributed by atoms with E-state index in [0.29, 0.717) is 10.1 Å². The molecule has 154 valence electrons. The minimum absolute atomic E-state index is 0.0162. The molecule has 1 amide bonds. The Morgan fingerprint density at radius 3 is 2.40 bits per heavy atom. The van der Waals surface area contributed by atoms with Crippen molar-refractivity contribution in [2.24, 2.45) is 4.99 Å². The SMILES string of the molecule is CN1C(=O)C(=Cc2ccc([N+](=O)[O-])cc2)SC1=Nc1ccc(N2CCOCC2)cc1. The summed E-state index contributed by atoms with van der Waals surface area (Å²) in [6.07, 6.45) is 1.72. The Morgan fingerprint density at radius 1 is 1.10 bits per heavy atom. The number of hydrogen-bond donors (Lipinski definition) is 0. The first-order valence-electron chi connectivity index (χ1n) is 9.45. The van der Waals surface area contributed by atoms with Crippen molar-refractivity contribution in [1.82, 2.24) is 4.90 Å². The molecular formula is C21H20N4O4S. The lowest BCUT2D eigenvalue weighted by Crippen LogP contribution is -2.36. The molecule has 2 heterocycles. The van der Waals surface area contributed by atoms with E-state index in [4.69, 9.17) is 4.74 Å². The Balaban J connectivity index is 1.50. The van der Waals surface area contributed by atoms with Crippen molar-refractivity contribution < 1.29 is 14.5 Å². The van der Waals surface area contributed by atoms with Gasteiger partial charge in [0.2, 0.25) is 0 Å². The molecular weight excluding hydrogens is 404 g/mol. The fourth-order valence-corrected chi connectivity index (χ4v) is 4.15. The molecule has 0 radical (unpaired) electrons. The molecule has 0 bridgehead atoms. The van der Waals surface area contributed by atoms with E-state index in [9.17, 15) is 14.9 Å². The van der Waals surface area contributed by atoms with Crippen LogP contribution in [0.3, 0.4) is 0 Å². The van der Waals surface area contributed by atoms with Gasteiger partial charge in [0.25, 0.3) is 11.6 Å². The number of likely N-dealkylation sites (N-methyl/N-ethyl adjacent to an activating group) is 1. The van der Waals surface area contributed by atoms with Crippen LogP contribution in [0.25, 0.3) is 6.08 Å². The number of rotatable bonds is 4. The summed E-state index contributed by atoms with van der Waals surface area (Å²) < 4.78 is 5.39. The van der Waals surface area contributed by atoms with Crippen molar-refractivity contribution >= 4 is 46.0 Å². The molecule has 2 aliphatic heterocycles. The zero-order valence-corrected chi connectivity index (χ0v) is 17.2. The maximum absolute atomic E-state index is 12.6. The van der Waals surface area contributed by atoms with Gasteiger partial charge in [-0.1, -0.05) is 0 Å². The molecule has 0 aliphatic carbocycles. The van der Waals surface area contributed by atoms with E-state index in [1.54, 1.807) is 25.3 Å². The number of amidine groups is 1. The number of anilines is 1. The maximum atomic E-state index is 12.6. The third-order valence-electron chi connectivity index (χ3n) is 4.86. The topological polar surface area (TPSA) is 88.3 Å². The molecule has 9 heteroatoms. The standard InChI is InChI=1S/C21H20N4O4S/c1-23-20(26)19(14-15-2-6-18(7-3-15)25(27)28)30-21(23)22-16-4-8-17(9-5-16)24-10-12-29-13-11-24/h2-9,14H,10-13H2,1H3. The van der Waals surface area contributed by atoms with E-state index in [1.165, 1.54) is 28.8 Å². The molecule has 0 N–H and O–H groups in total. The van der Waals surface area contributed by atoms with Gasteiger partial charge < -0.3 is 9.64 Å². The number of morpholine rings is 1. The number of nitro benzene ring substituents is 1. The zero-order valence-electron chi connectivity index (χ0n) is 16.4. The number of benzene rings is 2. The number of hydrogen-bond acceptors (Lipinski definition) is 7. The minimum Gasteiger partial charge on any atom is -0.378 e. The molecule has 2 aromatic carbocycles. The summed E-state index contributed by atoms with van der Waals surface area (Å²) in [5.74, 6) is -0.151.